The van der Waals surface area contributed by atoms with Crippen LogP contribution < -0.4 is 0 Å². The molecule has 10 aromatic rings. The molecule has 0 N–H and O–H groups in total. The first-order chi connectivity index (χ1) is 33.3. The summed E-state index contributed by atoms with van der Waals surface area (Å²) >= 11 is 0. The maximum Gasteiger partial charge on any atom is 0.0708 e. The van der Waals surface area contributed by atoms with Gasteiger partial charge in [-0.25, -0.2) is 0 Å². The lowest BCUT2D eigenvalue weighted by molar-refractivity contribution is 0.918. The van der Waals surface area contributed by atoms with Gasteiger partial charge in [-0.1, -0.05) is 194 Å². The topological polar surface area (TPSA) is 38.7 Å². The van der Waals surface area contributed by atoms with Crippen LogP contribution in [-0.4, -0.2) is 15.0 Å². The molecule has 312 valence electrons. The average molecular weight is 839 g/mol. The first-order valence-electron chi connectivity index (χ1n) is 23.8. The minimum absolute atomic E-state index is 0.343. The van der Waals surface area contributed by atoms with E-state index in [1.54, 1.807) is 12.3 Å². The fourth-order valence-corrected chi connectivity index (χ4v) is 8.69. The van der Waals surface area contributed by atoms with Crippen molar-refractivity contribution in [3.05, 3.63) is 259 Å². The van der Waals surface area contributed by atoms with Crippen LogP contribution in [0.1, 0.15) is 31.9 Å². The predicted octanol–water partition coefficient (Wildman–Crippen LogP) is 15.4. The molecular formula is C62H49N3. The predicted molar refractivity (Wildman–Crippen MR) is 270 cm³/mol. The Morgan fingerprint density at radius 2 is 0.800 bits per heavy atom. The molecule has 3 nitrogen and oxygen atoms in total. The lowest BCUT2D eigenvalue weighted by atomic mass is 9.87. The Kier molecular flexibility index (Phi) is 11.1. The summed E-state index contributed by atoms with van der Waals surface area (Å²) in [6.45, 7) is -2.29. The normalized spacial score (nSPS) is 12.0. The fourth-order valence-electron chi connectivity index (χ4n) is 8.69. The molecule has 0 saturated heterocycles. The molecule has 0 saturated carbocycles. The van der Waals surface area contributed by atoms with Gasteiger partial charge in [-0.2, -0.15) is 0 Å². The molecule has 0 aliphatic carbocycles. The molecule has 0 radical (unpaired) electrons. The van der Waals surface area contributed by atoms with Gasteiger partial charge in [-0.05, 0) is 117 Å². The number of nitrogens with zero attached hydrogens (tertiary/aromatic N) is 3. The van der Waals surface area contributed by atoms with Crippen molar-refractivity contribution in [3.8, 4) is 78.3 Å². The third-order valence-corrected chi connectivity index (χ3v) is 12.2. The highest BCUT2D eigenvalue weighted by Gasteiger charge is 2.17. The van der Waals surface area contributed by atoms with Crippen LogP contribution in [0.25, 0.3) is 78.3 Å². The van der Waals surface area contributed by atoms with E-state index in [1.807, 2.05) is 73.1 Å². The van der Waals surface area contributed by atoms with E-state index in [0.717, 1.165) is 96.6 Å². The van der Waals surface area contributed by atoms with Crippen LogP contribution in [0.4, 0.5) is 0 Å². The lowest BCUT2D eigenvalue weighted by Gasteiger charge is -2.18. The molecule has 65 heavy (non-hydrogen) atoms. The Morgan fingerprint density at radius 1 is 0.308 bits per heavy atom. The summed E-state index contributed by atoms with van der Waals surface area (Å²) in [5.74, 6) is 0. The van der Waals surface area contributed by atoms with Gasteiger partial charge in [-0.3, -0.25) is 15.0 Å². The van der Waals surface area contributed by atoms with E-state index >= 15 is 0 Å². The second kappa shape index (κ2) is 19.2. The monoisotopic (exact) mass is 838 g/mol. The molecule has 0 amide bonds. The van der Waals surface area contributed by atoms with Crippen molar-refractivity contribution in [2.24, 2.45) is 0 Å². The Hall–Kier alpha value is -8.01. The molecule has 7 aromatic carbocycles. The molecule has 0 bridgehead atoms. The molecule has 0 aliphatic rings. The van der Waals surface area contributed by atoms with Gasteiger partial charge in [0.15, 0.2) is 0 Å². The van der Waals surface area contributed by atoms with Crippen molar-refractivity contribution in [2.45, 2.75) is 32.5 Å². The fraction of sp³-hybridized carbons (Fsp3) is 0.0806. The van der Waals surface area contributed by atoms with Crippen LogP contribution in [0, 0.1) is 6.85 Å². The second-order valence-electron chi connectivity index (χ2n) is 16.5. The lowest BCUT2D eigenvalue weighted by Crippen LogP contribution is -2.00. The smallest absolute Gasteiger partial charge is 0.0708 e. The third-order valence-electron chi connectivity index (χ3n) is 12.2. The summed E-state index contributed by atoms with van der Waals surface area (Å²) in [7, 11) is 0. The highest BCUT2D eigenvalue weighted by atomic mass is 14.7. The van der Waals surface area contributed by atoms with Gasteiger partial charge < -0.3 is 0 Å². The van der Waals surface area contributed by atoms with E-state index < -0.39 is 6.85 Å². The maximum atomic E-state index is 8.53. The van der Waals surface area contributed by atoms with Gasteiger partial charge >= 0.3 is 0 Å². The number of hydrogen-bond acceptors (Lipinski definition) is 3. The zero-order valence-electron chi connectivity index (χ0n) is 39.1. The van der Waals surface area contributed by atoms with Crippen molar-refractivity contribution in [1.82, 2.24) is 15.0 Å². The number of rotatable bonds is 13. The Morgan fingerprint density at radius 3 is 1.42 bits per heavy atom. The number of pyridine rings is 3. The van der Waals surface area contributed by atoms with Crippen LogP contribution in [0.3, 0.4) is 0 Å². The Labute approximate surface area is 387 Å². The standard InChI is InChI=1S/C62H49N3/c1-44-36-61(52-20-10-4-11-21-52)64-42-54(44)30-28-47-37-46(27-26-45-29-35-60(63-41-45)51-18-8-3-9-19-51)38-55(39-47)56-24-14-15-25-57(56)59-43-65-62(53-22-12-5-13-23-53)40-58(59)50-33-31-49(32-34-50)48-16-6-2-7-17-48/h2-25,29,31-43H,26-28,30H2,1H3/i1D3. The van der Waals surface area contributed by atoms with Crippen LogP contribution in [0.2, 0.25) is 0 Å². The first-order valence-corrected chi connectivity index (χ1v) is 22.3. The van der Waals surface area contributed by atoms with Crippen LogP contribution in [0.15, 0.2) is 231 Å². The van der Waals surface area contributed by atoms with Crippen molar-refractivity contribution in [1.29, 1.82) is 0 Å². The van der Waals surface area contributed by atoms with E-state index in [9.17, 15) is 0 Å². The maximum absolute atomic E-state index is 8.53. The number of hydrogen-bond donors (Lipinski definition) is 0. The molecule has 3 aromatic heterocycles. The highest BCUT2D eigenvalue weighted by Crippen LogP contribution is 2.40. The highest BCUT2D eigenvalue weighted by molar-refractivity contribution is 5.93. The molecular weight excluding hydrogens is 787 g/mol. The zero-order chi connectivity index (χ0) is 46.3. The van der Waals surface area contributed by atoms with E-state index in [1.165, 1.54) is 11.1 Å². The second-order valence-corrected chi connectivity index (χ2v) is 16.5. The molecule has 0 atom stereocenters. The summed E-state index contributed by atoms with van der Waals surface area (Å²) in [6.07, 6.45) is 8.56. The van der Waals surface area contributed by atoms with Crippen molar-refractivity contribution in [2.75, 3.05) is 0 Å². The zero-order valence-corrected chi connectivity index (χ0v) is 36.1. The Bertz CT molecular complexity index is 3280. The van der Waals surface area contributed by atoms with E-state index in [2.05, 4.69) is 146 Å². The van der Waals surface area contributed by atoms with Crippen molar-refractivity contribution in [3.63, 3.8) is 0 Å². The van der Waals surface area contributed by atoms with Gasteiger partial charge in [0.2, 0.25) is 0 Å². The molecule has 10 rings (SSSR count). The summed E-state index contributed by atoms with van der Waals surface area (Å²) in [4.78, 5) is 14.7. The van der Waals surface area contributed by atoms with Crippen molar-refractivity contribution < 1.29 is 4.11 Å². The minimum atomic E-state index is -2.29. The number of aryl methyl sites for hydroxylation is 5. The van der Waals surface area contributed by atoms with Crippen LogP contribution in [-0.2, 0) is 25.7 Å². The summed E-state index contributed by atoms with van der Waals surface area (Å²) in [6, 6.07) is 73.4. The van der Waals surface area contributed by atoms with E-state index in [4.69, 9.17) is 19.1 Å². The average Bonchev–Trinajstić information content (AvgIpc) is 3.40. The quantitative estimate of drug-likeness (QED) is 0.116. The molecule has 0 unspecified atom stereocenters. The third kappa shape index (κ3) is 9.51. The van der Waals surface area contributed by atoms with Gasteiger partial charge in [0.25, 0.3) is 0 Å². The number of aromatic nitrogens is 3. The van der Waals surface area contributed by atoms with Gasteiger partial charge in [0.05, 0.1) is 17.1 Å². The van der Waals surface area contributed by atoms with Crippen LogP contribution >= 0.6 is 0 Å². The summed E-state index contributed by atoms with van der Waals surface area (Å²) < 4.78 is 25.6. The molecule has 0 aliphatic heterocycles. The summed E-state index contributed by atoms with van der Waals surface area (Å²) in [5.41, 5.74) is 19.0. The van der Waals surface area contributed by atoms with Gasteiger partial charge in [0.1, 0.15) is 0 Å². The Balaban J connectivity index is 1.04. The molecule has 3 heterocycles. The first kappa shape index (κ1) is 37.5. The minimum Gasteiger partial charge on any atom is -0.256 e. The van der Waals surface area contributed by atoms with Crippen LogP contribution in [0.5, 0.6) is 0 Å². The number of benzene rings is 7. The van der Waals surface area contributed by atoms with Crippen molar-refractivity contribution >= 4 is 0 Å². The largest absolute Gasteiger partial charge is 0.256 e. The van der Waals surface area contributed by atoms with E-state index in [0.29, 0.717) is 24.1 Å². The van der Waals surface area contributed by atoms with Gasteiger partial charge in [-0.15, -0.1) is 0 Å². The SMILES string of the molecule is [2H]C([2H])([2H])c1cc(-c2ccccc2)ncc1CCc1cc(CCc2ccc(-c3ccccc3)nc2)cc(-c2ccccc2-c2cnc(-c3ccccc3)cc2-c2ccc(-c3ccccc3)cc2)c1. The molecule has 0 fully saturated rings. The van der Waals surface area contributed by atoms with Gasteiger partial charge in [0, 0.05) is 45.0 Å². The van der Waals surface area contributed by atoms with E-state index in [-0.39, 0.29) is 0 Å². The summed E-state index contributed by atoms with van der Waals surface area (Å²) in [5, 5.41) is 0. The molecule has 3 heteroatoms. The molecule has 0 spiro atoms.